The summed E-state index contributed by atoms with van der Waals surface area (Å²) in [5.41, 5.74) is 0.751. The predicted molar refractivity (Wildman–Crippen MR) is 112 cm³/mol. The Kier molecular flexibility index (Phi) is 6.45. The highest BCUT2D eigenvalue weighted by atomic mass is 32.2. The summed E-state index contributed by atoms with van der Waals surface area (Å²) in [5, 5.41) is 2.55. The third-order valence-corrected chi connectivity index (χ3v) is 6.14. The van der Waals surface area contributed by atoms with Crippen LogP contribution in [0.5, 0.6) is 0 Å². The zero-order valence-electron chi connectivity index (χ0n) is 16.4. The molecule has 0 aliphatic carbocycles. The van der Waals surface area contributed by atoms with Crippen LogP contribution < -0.4 is 9.62 Å². The summed E-state index contributed by atoms with van der Waals surface area (Å²) in [6.45, 7) is 0.752. The van der Waals surface area contributed by atoms with Crippen LogP contribution in [0.2, 0.25) is 0 Å². The monoisotopic (exact) mass is 444 g/mol. The molecule has 6 nitrogen and oxygen atoms in total. The number of nitrogens with zero attached hydrogens (tertiary/aromatic N) is 1. The van der Waals surface area contributed by atoms with Gasteiger partial charge in [0.1, 0.15) is 18.2 Å². The number of benzene rings is 3. The van der Waals surface area contributed by atoms with Gasteiger partial charge in [-0.3, -0.25) is 13.9 Å². The van der Waals surface area contributed by atoms with Crippen molar-refractivity contribution in [1.82, 2.24) is 0 Å². The highest BCUT2D eigenvalue weighted by molar-refractivity contribution is 7.92. The lowest BCUT2D eigenvalue weighted by molar-refractivity contribution is -0.114. The van der Waals surface area contributed by atoms with Crippen LogP contribution in [0.15, 0.2) is 77.7 Å². The van der Waals surface area contributed by atoms with Crippen molar-refractivity contribution < 1.29 is 26.8 Å². The quantitative estimate of drug-likeness (QED) is 0.559. The lowest BCUT2D eigenvalue weighted by atomic mass is 10.1. The number of rotatable bonds is 7. The van der Waals surface area contributed by atoms with Crippen LogP contribution in [0.3, 0.4) is 0 Å². The minimum Gasteiger partial charge on any atom is -0.324 e. The van der Waals surface area contributed by atoms with Gasteiger partial charge in [0.25, 0.3) is 10.0 Å². The van der Waals surface area contributed by atoms with Crippen LogP contribution in [-0.2, 0) is 14.8 Å². The third-order valence-electron chi connectivity index (χ3n) is 4.36. The fourth-order valence-corrected chi connectivity index (χ4v) is 4.22. The van der Waals surface area contributed by atoms with Crippen LogP contribution in [-0.4, -0.2) is 26.7 Å². The summed E-state index contributed by atoms with van der Waals surface area (Å²) >= 11 is 0. The van der Waals surface area contributed by atoms with Crippen molar-refractivity contribution in [3.8, 4) is 0 Å². The smallest absolute Gasteiger partial charge is 0.264 e. The molecular formula is C22H18F2N2O4S. The second kappa shape index (κ2) is 9.05. The van der Waals surface area contributed by atoms with E-state index in [0.29, 0.717) is 11.3 Å². The first kappa shape index (κ1) is 22.1. The van der Waals surface area contributed by atoms with E-state index < -0.39 is 34.1 Å². The predicted octanol–water partition coefficient (Wildman–Crippen LogP) is 4.00. The zero-order valence-corrected chi connectivity index (χ0v) is 17.2. The molecule has 160 valence electrons. The number of hydrogen-bond acceptors (Lipinski definition) is 4. The molecule has 0 atom stereocenters. The molecule has 0 radical (unpaired) electrons. The van der Waals surface area contributed by atoms with Crippen LogP contribution in [0, 0.1) is 11.6 Å². The minimum atomic E-state index is -4.26. The highest BCUT2D eigenvalue weighted by Gasteiger charge is 2.27. The molecule has 1 N–H and O–H groups in total. The Balaban J connectivity index is 1.92. The van der Waals surface area contributed by atoms with Crippen molar-refractivity contribution in [2.45, 2.75) is 11.8 Å². The molecular weight excluding hydrogens is 426 g/mol. The van der Waals surface area contributed by atoms with E-state index in [4.69, 9.17) is 0 Å². The third kappa shape index (κ3) is 5.32. The molecule has 0 heterocycles. The molecule has 0 aliphatic heterocycles. The Bertz CT molecular complexity index is 1210. The average Bonchev–Trinajstić information content (AvgIpc) is 2.73. The van der Waals surface area contributed by atoms with Gasteiger partial charge in [0.2, 0.25) is 5.91 Å². The first-order valence-electron chi connectivity index (χ1n) is 9.11. The summed E-state index contributed by atoms with van der Waals surface area (Å²) in [6.07, 6.45) is 0. The van der Waals surface area contributed by atoms with Gasteiger partial charge in [-0.2, -0.15) is 0 Å². The number of sulfonamides is 1. The molecule has 9 heteroatoms. The Labute approximate surface area is 178 Å². The number of amides is 1. The number of hydrogen-bond donors (Lipinski definition) is 1. The standard InChI is InChI=1S/C22H18F2N2O4S/c1-15(27)16-3-2-4-19(13-16)25-22(28)14-26(20-9-5-17(23)6-10-20)31(29,30)21-11-7-18(24)8-12-21/h2-13H,14H2,1H3,(H,25,28). The number of Topliss-reactive ketones (excluding diaryl/α,β-unsaturated/α-hetero) is 1. The van der Waals surface area contributed by atoms with Gasteiger partial charge in [-0.25, -0.2) is 17.2 Å². The van der Waals surface area contributed by atoms with Gasteiger partial charge in [-0.1, -0.05) is 12.1 Å². The molecule has 0 fully saturated rings. The first-order valence-corrected chi connectivity index (χ1v) is 10.6. The normalized spacial score (nSPS) is 11.1. The summed E-state index contributed by atoms with van der Waals surface area (Å²) in [6, 6.07) is 14.9. The van der Waals surface area contributed by atoms with E-state index in [0.717, 1.165) is 40.7 Å². The van der Waals surface area contributed by atoms with E-state index >= 15 is 0 Å². The molecule has 0 aliphatic rings. The fourth-order valence-electron chi connectivity index (χ4n) is 2.80. The Morgan fingerprint density at radius 1 is 0.903 bits per heavy atom. The molecule has 3 aromatic rings. The lowest BCUT2D eigenvalue weighted by Crippen LogP contribution is -2.38. The van der Waals surface area contributed by atoms with Crippen LogP contribution >= 0.6 is 0 Å². The number of carbonyl (C=O) groups excluding carboxylic acids is 2. The van der Waals surface area contributed by atoms with Crippen molar-refractivity contribution in [2.75, 3.05) is 16.2 Å². The van der Waals surface area contributed by atoms with Crippen molar-refractivity contribution in [2.24, 2.45) is 0 Å². The molecule has 1 amide bonds. The summed E-state index contributed by atoms with van der Waals surface area (Å²) in [7, 11) is -4.26. The maximum atomic E-state index is 13.4. The minimum absolute atomic E-state index is 0.0540. The van der Waals surface area contributed by atoms with E-state index in [1.807, 2.05) is 0 Å². The number of anilines is 2. The summed E-state index contributed by atoms with van der Waals surface area (Å²) in [4.78, 5) is 23.9. The molecule has 0 spiro atoms. The second-order valence-electron chi connectivity index (χ2n) is 6.63. The Morgan fingerprint density at radius 2 is 1.48 bits per heavy atom. The van der Waals surface area contributed by atoms with Gasteiger partial charge >= 0.3 is 0 Å². The maximum absolute atomic E-state index is 13.4. The van der Waals surface area contributed by atoms with E-state index in [1.165, 1.54) is 25.1 Å². The van der Waals surface area contributed by atoms with Gasteiger partial charge in [0.15, 0.2) is 5.78 Å². The van der Waals surface area contributed by atoms with Gasteiger partial charge in [0.05, 0.1) is 10.6 Å². The molecule has 3 rings (SSSR count). The number of ketones is 1. The van der Waals surface area contributed by atoms with E-state index in [-0.39, 0.29) is 16.4 Å². The van der Waals surface area contributed by atoms with Crippen molar-refractivity contribution >= 4 is 33.1 Å². The number of halogens is 2. The topological polar surface area (TPSA) is 83.6 Å². The van der Waals surface area contributed by atoms with Crippen LogP contribution in [0.4, 0.5) is 20.2 Å². The van der Waals surface area contributed by atoms with Crippen molar-refractivity contribution in [1.29, 1.82) is 0 Å². The van der Waals surface area contributed by atoms with Crippen molar-refractivity contribution in [3.63, 3.8) is 0 Å². The Morgan fingerprint density at radius 3 is 2.06 bits per heavy atom. The van der Waals surface area contributed by atoms with Crippen molar-refractivity contribution in [3.05, 3.63) is 90.0 Å². The SMILES string of the molecule is CC(=O)c1cccc(NC(=O)CN(c2ccc(F)cc2)S(=O)(=O)c2ccc(F)cc2)c1. The van der Waals surface area contributed by atoms with E-state index in [1.54, 1.807) is 18.2 Å². The number of nitrogens with one attached hydrogen (secondary N) is 1. The molecule has 0 aromatic heterocycles. The van der Waals surface area contributed by atoms with Gasteiger partial charge in [0, 0.05) is 11.3 Å². The van der Waals surface area contributed by atoms with Gasteiger partial charge < -0.3 is 5.32 Å². The largest absolute Gasteiger partial charge is 0.324 e. The fraction of sp³-hybridized carbons (Fsp3) is 0.0909. The van der Waals surface area contributed by atoms with E-state index in [2.05, 4.69) is 5.32 Å². The lowest BCUT2D eigenvalue weighted by Gasteiger charge is -2.24. The number of carbonyl (C=O) groups is 2. The molecule has 0 saturated carbocycles. The average molecular weight is 444 g/mol. The summed E-state index contributed by atoms with van der Waals surface area (Å²) in [5.74, 6) is -2.07. The molecule has 31 heavy (non-hydrogen) atoms. The van der Waals surface area contributed by atoms with E-state index in [9.17, 15) is 26.8 Å². The maximum Gasteiger partial charge on any atom is 0.264 e. The van der Waals surface area contributed by atoms with Crippen LogP contribution in [0.25, 0.3) is 0 Å². The molecule has 0 bridgehead atoms. The molecule has 0 unspecified atom stereocenters. The second-order valence-corrected chi connectivity index (χ2v) is 8.49. The Hall–Kier alpha value is -3.59. The first-order chi connectivity index (χ1) is 14.7. The molecule has 0 saturated heterocycles. The van der Waals surface area contributed by atoms with Gasteiger partial charge in [-0.05, 0) is 67.6 Å². The highest BCUT2D eigenvalue weighted by Crippen LogP contribution is 2.24. The van der Waals surface area contributed by atoms with Crippen LogP contribution in [0.1, 0.15) is 17.3 Å². The van der Waals surface area contributed by atoms with Gasteiger partial charge in [-0.15, -0.1) is 0 Å². The zero-order chi connectivity index (χ0) is 22.6. The molecule has 3 aromatic carbocycles. The summed E-state index contributed by atoms with van der Waals surface area (Å²) < 4.78 is 53.7.